The van der Waals surface area contributed by atoms with Gasteiger partial charge in [-0.2, -0.15) is 0 Å². The molecule has 2 amide bonds. The summed E-state index contributed by atoms with van der Waals surface area (Å²) in [5, 5.41) is 2.81. The van der Waals surface area contributed by atoms with Crippen molar-refractivity contribution in [2.24, 2.45) is 0 Å². The van der Waals surface area contributed by atoms with Crippen molar-refractivity contribution in [1.29, 1.82) is 0 Å². The highest BCUT2D eigenvalue weighted by Gasteiger charge is 2.22. The first-order valence-corrected chi connectivity index (χ1v) is 5.80. The highest BCUT2D eigenvalue weighted by Crippen LogP contribution is 2.25. The van der Waals surface area contributed by atoms with Crippen molar-refractivity contribution in [2.75, 3.05) is 6.54 Å². The van der Waals surface area contributed by atoms with Gasteiger partial charge in [-0.05, 0) is 30.2 Å². The molecule has 4 heteroatoms. The van der Waals surface area contributed by atoms with Gasteiger partial charge in [0.2, 0.25) is 0 Å². The molecule has 0 bridgehead atoms. The maximum atomic E-state index is 11.6. The van der Waals surface area contributed by atoms with E-state index in [0.717, 1.165) is 4.47 Å². The van der Waals surface area contributed by atoms with Crippen molar-refractivity contribution < 1.29 is 4.79 Å². The third kappa shape index (κ3) is 2.15. The van der Waals surface area contributed by atoms with E-state index in [0.29, 0.717) is 19.6 Å². The number of hydrogen-bond donors (Lipinski definition) is 1. The number of urea groups is 1. The molecule has 3 nitrogen and oxygen atoms in total. The van der Waals surface area contributed by atoms with E-state index >= 15 is 0 Å². The zero-order chi connectivity index (χ0) is 10.8. The molecule has 2 rings (SSSR count). The van der Waals surface area contributed by atoms with Crippen LogP contribution in [-0.2, 0) is 13.1 Å². The van der Waals surface area contributed by atoms with Crippen LogP contribution in [0.1, 0.15) is 18.1 Å². The van der Waals surface area contributed by atoms with Gasteiger partial charge in [0.15, 0.2) is 0 Å². The van der Waals surface area contributed by atoms with Crippen LogP contribution in [0.4, 0.5) is 4.79 Å². The molecular weight excluding hydrogens is 256 g/mol. The molecular formula is C11H13BrN2O. The molecule has 0 spiro atoms. The normalized spacial score (nSPS) is 13.9. The molecule has 80 valence electrons. The van der Waals surface area contributed by atoms with Gasteiger partial charge in [-0.25, -0.2) is 4.79 Å². The second-order valence-corrected chi connectivity index (χ2v) is 4.52. The molecule has 0 unspecified atom stereocenters. The molecule has 0 saturated carbocycles. The SMILES string of the molecule is CCNC(=O)N1Cc2ccc(Br)cc2C1. The van der Waals surface area contributed by atoms with Crippen molar-refractivity contribution in [1.82, 2.24) is 10.2 Å². The average molecular weight is 269 g/mol. The predicted octanol–water partition coefficient (Wildman–Crippen LogP) is 2.49. The maximum absolute atomic E-state index is 11.6. The monoisotopic (exact) mass is 268 g/mol. The van der Waals surface area contributed by atoms with Gasteiger partial charge in [-0.3, -0.25) is 0 Å². The van der Waals surface area contributed by atoms with Crippen LogP contribution in [0, 0.1) is 0 Å². The number of nitrogens with zero attached hydrogens (tertiary/aromatic N) is 1. The number of fused-ring (bicyclic) bond motifs is 1. The molecule has 0 aromatic heterocycles. The van der Waals surface area contributed by atoms with E-state index in [9.17, 15) is 4.79 Å². The van der Waals surface area contributed by atoms with Gasteiger partial charge in [-0.1, -0.05) is 22.0 Å². The predicted molar refractivity (Wildman–Crippen MR) is 62.5 cm³/mol. The number of rotatable bonds is 1. The smallest absolute Gasteiger partial charge is 0.317 e. The van der Waals surface area contributed by atoms with Gasteiger partial charge in [0.25, 0.3) is 0 Å². The largest absolute Gasteiger partial charge is 0.338 e. The molecule has 0 aliphatic carbocycles. The Morgan fingerprint density at radius 1 is 1.47 bits per heavy atom. The quantitative estimate of drug-likeness (QED) is 0.834. The zero-order valence-electron chi connectivity index (χ0n) is 8.59. The lowest BCUT2D eigenvalue weighted by molar-refractivity contribution is 0.199. The van der Waals surface area contributed by atoms with E-state index in [1.165, 1.54) is 11.1 Å². The van der Waals surface area contributed by atoms with E-state index in [4.69, 9.17) is 0 Å². The maximum Gasteiger partial charge on any atom is 0.317 e. The highest BCUT2D eigenvalue weighted by molar-refractivity contribution is 9.10. The lowest BCUT2D eigenvalue weighted by Crippen LogP contribution is -2.36. The van der Waals surface area contributed by atoms with E-state index in [2.05, 4.69) is 33.4 Å². The summed E-state index contributed by atoms with van der Waals surface area (Å²) < 4.78 is 1.07. The Balaban J connectivity index is 2.12. The summed E-state index contributed by atoms with van der Waals surface area (Å²) in [4.78, 5) is 13.4. The Bertz CT molecular complexity index is 392. The van der Waals surface area contributed by atoms with Crippen LogP contribution in [0.5, 0.6) is 0 Å². The lowest BCUT2D eigenvalue weighted by Gasteiger charge is -2.15. The standard InChI is InChI=1S/C11H13BrN2O/c1-2-13-11(15)14-6-8-3-4-10(12)5-9(8)7-14/h3-5H,2,6-7H2,1H3,(H,13,15). The minimum absolute atomic E-state index is 0.0184. The molecule has 0 saturated heterocycles. The second-order valence-electron chi connectivity index (χ2n) is 3.60. The van der Waals surface area contributed by atoms with Crippen molar-refractivity contribution in [3.63, 3.8) is 0 Å². The molecule has 1 heterocycles. The van der Waals surface area contributed by atoms with Crippen LogP contribution in [0.15, 0.2) is 22.7 Å². The van der Waals surface area contributed by atoms with Gasteiger partial charge >= 0.3 is 6.03 Å². The Hall–Kier alpha value is -1.03. The Morgan fingerprint density at radius 3 is 2.93 bits per heavy atom. The Kier molecular flexibility index (Phi) is 2.95. The summed E-state index contributed by atoms with van der Waals surface area (Å²) in [5.74, 6) is 0. The third-order valence-electron chi connectivity index (χ3n) is 2.51. The highest BCUT2D eigenvalue weighted by atomic mass is 79.9. The summed E-state index contributed by atoms with van der Waals surface area (Å²) in [6.07, 6.45) is 0. The molecule has 1 aliphatic heterocycles. The van der Waals surface area contributed by atoms with Gasteiger partial charge in [0.1, 0.15) is 0 Å². The fourth-order valence-corrected chi connectivity index (χ4v) is 2.18. The van der Waals surface area contributed by atoms with Crippen molar-refractivity contribution in [3.8, 4) is 0 Å². The van der Waals surface area contributed by atoms with Crippen molar-refractivity contribution >= 4 is 22.0 Å². The molecule has 1 aromatic carbocycles. The fraction of sp³-hybridized carbons (Fsp3) is 0.364. The van der Waals surface area contributed by atoms with Gasteiger partial charge in [0, 0.05) is 24.1 Å². The molecule has 1 N–H and O–H groups in total. The molecule has 15 heavy (non-hydrogen) atoms. The second kappa shape index (κ2) is 4.23. The van der Waals surface area contributed by atoms with Crippen LogP contribution in [0.2, 0.25) is 0 Å². The number of carbonyl (C=O) groups is 1. The molecule has 1 aliphatic rings. The number of nitrogens with one attached hydrogen (secondary N) is 1. The third-order valence-corrected chi connectivity index (χ3v) is 3.00. The van der Waals surface area contributed by atoms with Crippen LogP contribution in [0.25, 0.3) is 0 Å². The first-order chi connectivity index (χ1) is 7.20. The number of amides is 2. The molecule has 0 atom stereocenters. The summed E-state index contributed by atoms with van der Waals surface area (Å²) in [5.41, 5.74) is 2.47. The van der Waals surface area contributed by atoms with Crippen LogP contribution in [0.3, 0.4) is 0 Å². The summed E-state index contributed by atoms with van der Waals surface area (Å²) >= 11 is 3.43. The first-order valence-electron chi connectivity index (χ1n) is 5.00. The topological polar surface area (TPSA) is 32.3 Å². The van der Waals surface area contributed by atoms with Crippen molar-refractivity contribution in [2.45, 2.75) is 20.0 Å². The van der Waals surface area contributed by atoms with Crippen molar-refractivity contribution in [3.05, 3.63) is 33.8 Å². The first kappa shape index (κ1) is 10.5. The Morgan fingerprint density at radius 2 is 2.20 bits per heavy atom. The van der Waals surface area contributed by atoms with Gasteiger partial charge in [-0.15, -0.1) is 0 Å². The van der Waals surface area contributed by atoms with Crippen LogP contribution in [-0.4, -0.2) is 17.5 Å². The van der Waals surface area contributed by atoms with E-state index < -0.39 is 0 Å². The molecule has 1 aromatic rings. The van der Waals surface area contributed by atoms with E-state index in [-0.39, 0.29) is 6.03 Å². The lowest BCUT2D eigenvalue weighted by atomic mass is 10.1. The number of halogens is 1. The van der Waals surface area contributed by atoms with E-state index in [1.54, 1.807) is 0 Å². The summed E-state index contributed by atoms with van der Waals surface area (Å²) in [6.45, 7) is 4.03. The molecule has 0 fully saturated rings. The number of hydrogen-bond acceptors (Lipinski definition) is 1. The number of carbonyl (C=O) groups excluding carboxylic acids is 1. The van der Waals surface area contributed by atoms with E-state index in [1.807, 2.05) is 17.9 Å². The Labute approximate surface area is 97.6 Å². The summed E-state index contributed by atoms with van der Waals surface area (Å²) in [6, 6.07) is 6.18. The van der Waals surface area contributed by atoms with Gasteiger partial charge < -0.3 is 10.2 Å². The molecule has 0 radical (unpaired) electrons. The van der Waals surface area contributed by atoms with Crippen LogP contribution < -0.4 is 5.32 Å². The minimum Gasteiger partial charge on any atom is -0.338 e. The summed E-state index contributed by atoms with van der Waals surface area (Å²) in [7, 11) is 0. The fourth-order valence-electron chi connectivity index (χ4n) is 1.77. The minimum atomic E-state index is 0.0184. The average Bonchev–Trinajstić information content (AvgIpc) is 2.60. The van der Waals surface area contributed by atoms with Crippen LogP contribution >= 0.6 is 15.9 Å². The van der Waals surface area contributed by atoms with Gasteiger partial charge in [0.05, 0.1) is 0 Å². The zero-order valence-corrected chi connectivity index (χ0v) is 10.2. The number of benzene rings is 1.